The average molecular weight is 982 g/mol. The van der Waals surface area contributed by atoms with Gasteiger partial charge in [-0.25, -0.2) is 14.3 Å². The summed E-state index contributed by atoms with van der Waals surface area (Å²) in [5, 5.41) is 28.5. The molecule has 4 heterocycles. The number of alkyl halides is 8. The number of carboxylic acid groups (broad SMARTS) is 1. The van der Waals surface area contributed by atoms with Crippen LogP contribution < -0.4 is 21.5 Å². The van der Waals surface area contributed by atoms with Crippen LogP contribution >= 0.6 is 23.2 Å². The Bertz CT molecular complexity index is 2490. The maximum atomic E-state index is 13.8. The minimum Gasteiger partial charge on any atom is -0.481 e. The van der Waals surface area contributed by atoms with Gasteiger partial charge in [-0.15, -0.1) is 18.3 Å². The van der Waals surface area contributed by atoms with Gasteiger partial charge in [-0.1, -0.05) is 53.4 Å². The summed E-state index contributed by atoms with van der Waals surface area (Å²) in [6, 6.07) is 14.2. The second kappa shape index (κ2) is 23.5. The van der Waals surface area contributed by atoms with Crippen molar-refractivity contribution in [1.82, 2.24) is 45.0 Å². The first-order chi connectivity index (χ1) is 31.0. The van der Waals surface area contributed by atoms with E-state index in [9.17, 15) is 59.1 Å². The quantitative estimate of drug-likeness (QED) is 0.0842. The van der Waals surface area contributed by atoms with E-state index in [1.165, 1.54) is 23.1 Å². The molecule has 0 fully saturated rings. The van der Waals surface area contributed by atoms with Crippen molar-refractivity contribution in [2.45, 2.75) is 76.6 Å². The highest BCUT2D eigenvalue weighted by atomic mass is 35.5. The highest BCUT2D eigenvalue weighted by Gasteiger charge is 2.32. The number of carbonyl (C=O) groups excluding carboxylic acids is 3. The van der Waals surface area contributed by atoms with Gasteiger partial charge in [0.25, 0.3) is 11.5 Å². The van der Waals surface area contributed by atoms with E-state index < -0.39 is 49.4 Å². The SMILES string of the molecule is CC(=O)OC(F)(F)F.O=C(NCC[C@H]1Nc2cccc(c2)[C@@H](n2cnc(-c3cc(Cl)ccc3-n3cc(Cl)nn3)cc2=O)CCCCCNC1=O)c1ccn(C(F)F)n1.O=C(O)CC(F)(F)F. The number of fused-ring (bicyclic) bond motifs is 2. The lowest BCUT2D eigenvalue weighted by Gasteiger charge is -2.22. The van der Waals surface area contributed by atoms with Gasteiger partial charge in [-0.2, -0.15) is 27.1 Å². The van der Waals surface area contributed by atoms with E-state index in [-0.39, 0.29) is 41.3 Å². The average Bonchev–Trinajstić information content (AvgIpc) is 3.89. The second-order valence-electron chi connectivity index (χ2n) is 13.9. The predicted octanol–water partition coefficient (Wildman–Crippen LogP) is 7.36. The van der Waals surface area contributed by atoms with Crippen LogP contribution in [0.1, 0.15) is 74.1 Å². The number of anilines is 1. The van der Waals surface area contributed by atoms with Crippen molar-refractivity contribution in [2.75, 3.05) is 18.4 Å². The number of amides is 2. The number of aromatic nitrogens is 7. The summed E-state index contributed by atoms with van der Waals surface area (Å²) in [6.45, 7) is -1.64. The van der Waals surface area contributed by atoms with E-state index in [2.05, 4.69) is 41.1 Å². The maximum Gasteiger partial charge on any atom is 0.575 e. The van der Waals surface area contributed by atoms with Gasteiger partial charge in [0, 0.05) is 48.5 Å². The number of nitrogens with zero attached hydrogens (tertiary/aromatic N) is 7. The van der Waals surface area contributed by atoms with Crippen LogP contribution in [-0.4, -0.2) is 94.9 Å². The molecule has 2 bridgehead atoms. The molecule has 1 aliphatic rings. The number of carbonyl (C=O) groups is 4. The Labute approximate surface area is 378 Å². The summed E-state index contributed by atoms with van der Waals surface area (Å²) in [5.41, 5.74) is 2.63. The van der Waals surface area contributed by atoms with Crippen molar-refractivity contribution < 1.29 is 64.1 Å². The van der Waals surface area contributed by atoms with Gasteiger partial charge in [-0.3, -0.25) is 28.5 Å². The monoisotopic (exact) mass is 980 g/mol. The molecular weight excluding hydrogens is 943 g/mol. The molecule has 66 heavy (non-hydrogen) atoms. The van der Waals surface area contributed by atoms with Crippen LogP contribution in [0.4, 0.5) is 40.8 Å². The largest absolute Gasteiger partial charge is 0.575 e. The summed E-state index contributed by atoms with van der Waals surface area (Å²) in [5.74, 6) is -4.07. The predicted molar refractivity (Wildman–Crippen MR) is 219 cm³/mol. The molecule has 0 saturated heterocycles. The minimum atomic E-state index is -4.83. The Morgan fingerprint density at radius 3 is 2.32 bits per heavy atom. The summed E-state index contributed by atoms with van der Waals surface area (Å²) in [6.07, 6.45) is -3.89. The number of carboxylic acids is 1. The van der Waals surface area contributed by atoms with Crippen LogP contribution in [0.2, 0.25) is 10.2 Å². The van der Waals surface area contributed by atoms with Crippen molar-refractivity contribution in [3.63, 3.8) is 0 Å². The Kier molecular flexibility index (Phi) is 18.5. The minimum absolute atomic E-state index is 0.0828. The van der Waals surface area contributed by atoms with Crippen LogP contribution in [0.15, 0.2) is 78.1 Å². The number of benzene rings is 2. The molecule has 4 N–H and O–H groups in total. The molecule has 0 radical (unpaired) electrons. The normalized spacial score (nSPS) is 15.5. The fourth-order valence-corrected chi connectivity index (χ4v) is 6.43. The third kappa shape index (κ3) is 16.7. The summed E-state index contributed by atoms with van der Waals surface area (Å²) >= 11 is 12.3. The first-order valence-corrected chi connectivity index (χ1v) is 20.0. The number of esters is 1. The van der Waals surface area contributed by atoms with Crippen molar-refractivity contribution in [2.24, 2.45) is 0 Å². The molecular formula is C39H38Cl2F8N10O7. The zero-order valence-electron chi connectivity index (χ0n) is 34.1. The molecule has 2 atom stereocenters. The first kappa shape index (κ1) is 52.0. The zero-order chi connectivity index (χ0) is 48.8. The lowest BCUT2D eigenvalue weighted by atomic mass is 9.99. The number of nitrogens with one attached hydrogen (secondary N) is 3. The highest BCUT2D eigenvalue weighted by Crippen LogP contribution is 2.30. The van der Waals surface area contributed by atoms with E-state index in [0.29, 0.717) is 52.2 Å². The summed E-state index contributed by atoms with van der Waals surface area (Å²) in [7, 11) is 0. The molecule has 356 valence electrons. The van der Waals surface area contributed by atoms with Gasteiger partial charge < -0.3 is 25.8 Å². The number of ether oxygens (including phenoxy) is 1. The van der Waals surface area contributed by atoms with E-state index >= 15 is 0 Å². The lowest BCUT2D eigenvalue weighted by molar-refractivity contribution is -0.304. The van der Waals surface area contributed by atoms with Crippen LogP contribution in [-0.2, 0) is 19.1 Å². The van der Waals surface area contributed by atoms with Crippen molar-refractivity contribution in [1.29, 1.82) is 0 Å². The van der Waals surface area contributed by atoms with Gasteiger partial charge in [0.2, 0.25) is 5.91 Å². The highest BCUT2D eigenvalue weighted by molar-refractivity contribution is 6.31. The van der Waals surface area contributed by atoms with Gasteiger partial charge in [-0.05, 0) is 61.2 Å². The van der Waals surface area contributed by atoms with Gasteiger partial charge in [0.15, 0.2) is 5.15 Å². The fourth-order valence-electron chi connectivity index (χ4n) is 6.14. The van der Waals surface area contributed by atoms with E-state index in [4.69, 9.17) is 28.3 Å². The Morgan fingerprint density at radius 2 is 1.74 bits per heavy atom. The topological polar surface area (TPSA) is 217 Å². The van der Waals surface area contributed by atoms with Crippen LogP contribution in [0.25, 0.3) is 16.9 Å². The molecule has 2 amide bonds. The lowest BCUT2D eigenvalue weighted by Crippen LogP contribution is -2.42. The van der Waals surface area contributed by atoms with Crippen LogP contribution in [0, 0.1) is 0 Å². The summed E-state index contributed by atoms with van der Waals surface area (Å²) < 4.78 is 97.4. The second-order valence-corrected chi connectivity index (χ2v) is 14.7. The molecule has 0 aliphatic carbocycles. The standard InChI is InChI=1S/C33H32Cl2F2N10O3.2C3H3F3O2/c34-21-8-9-28(47-18-29(35)42-44-47)23(16-21)26-17-30(48)45(19-40-26)27-7-2-1-3-12-38-31(49)24(41-22-6-4-5-20(27)15-22)10-13-39-32(50)25-11-14-46(43-25)33(36)37;1-2(7)8-3(4,5)6;4-3(5,6)1-2(7)8/h4-6,8-9,11,14-19,24,27,33,41H,1-3,7,10,12-13H2,(H,38,49)(H,39,50);1H3;1H2,(H,7,8)/t24-,27+;;/m1../s1. The zero-order valence-corrected chi connectivity index (χ0v) is 35.6. The Balaban J connectivity index is 0.000000508. The third-order valence-electron chi connectivity index (χ3n) is 8.87. The number of hydrogen-bond donors (Lipinski definition) is 4. The van der Waals surface area contributed by atoms with Crippen LogP contribution in [0.5, 0.6) is 0 Å². The van der Waals surface area contributed by atoms with Crippen LogP contribution in [0.3, 0.4) is 0 Å². The van der Waals surface area contributed by atoms with Gasteiger partial charge in [0.1, 0.15) is 18.2 Å². The molecule has 27 heteroatoms. The maximum absolute atomic E-state index is 13.8. The van der Waals surface area contributed by atoms with Crippen molar-refractivity contribution in [3.8, 4) is 16.9 Å². The van der Waals surface area contributed by atoms with E-state index in [1.54, 1.807) is 29.0 Å². The third-order valence-corrected chi connectivity index (χ3v) is 9.28. The molecule has 5 aromatic rings. The molecule has 17 nitrogen and oxygen atoms in total. The molecule has 1 aliphatic heterocycles. The molecule has 2 aromatic carbocycles. The Morgan fingerprint density at radius 1 is 1.00 bits per heavy atom. The van der Waals surface area contributed by atoms with Gasteiger partial charge in [0.05, 0.1) is 29.9 Å². The number of rotatable bonds is 9. The van der Waals surface area contributed by atoms with E-state index in [0.717, 1.165) is 31.0 Å². The Hall–Kier alpha value is -6.63. The summed E-state index contributed by atoms with van der Waals surface area (Å²) in [4.78, 5) is 62.9. The van der Waals surface area contributed by atoms with Crippen molar-refractivity contribution in [3.05, 3.63) is 105 Å². The van der Waals surface area contributed by atoms with Gasteiger partial charge >= 0.3 is 31.0 Å². The fraction of sp³-hybridized carbons (Fsp3) is 0.359. The smallest absolute Gasteiger partial charge is 0.481 e. The van der Waals surface area contributed by atoms with E-state index in [1.807, 2.05) is 24.3 Å². The number of hydrogen-bond acceptors (Lipinski definition) is 11. The first-order valence-electron chi connectivity index (χ1n) is 19.3. The molecule has 6 rings (SSSR count). The molecule has 0 saturated carbocycles. The molecule has 0 unspecified atom stereocenters. The number of halogens is 10. The molecule has 0 spiro atoms. The number of aliphatic carboxylic acids is 1. The molecule has 3 aromatic heterocycles. The van der Waals surface area contributed by atoms with Crippen molar-refractivity contribution >= 4 is 52.6 Å².